The number of nitrogens with zero attached hydrogens (tertiary/aromatic N) is 6. The van der Waals surface area contributed by atoms with E-state index in [4.69, 9.17) is 10.7 Å². The van der Waals surface area contributed by atoms with Gasteiger partial charge < -0.3 is 20.1 Å². The molecule has 28 heavy (non-hydrogen) atoms. The van der Waals surface area contributed by atoms with E-state index in [9.17, 15) is 0 Å². The second kappa shape index (κ2) is 7.60. The quantitative estimate of drug-likeness (QED) is 0.858. The Bertz CT molecular complexity index is 807. The maximum absolute atomic E-state index is 6.07. The highest BCUT2D eigenvalue weighted by Gasteiger charge is 2.28. The Kier molecular flexibility index (Phi) is 4.82. The number of hydrogen-bond acceptors (Lipinski definition) is 6. The molecule has 0 unspecified atom stereocenters. The van der Waals surface area contributed by atoms with Crippen molar-refractivity contribution in [2.75, 3.05) is 41.7 Å². The summed E-state index contributed by atoms with van der Waals surface area (Å²) in [6.45, 7) is 5.24. The summed E-state index contributed by atoms with van der Waals surface area (Å²) in [5.74, 6) is 4.88. The molecule has 1 atom stereocenters. The van der Waals surface area contributed by atoms with Gasteiger partial charge in [-0.25, -0.2) is 4.98 Å². The third kappa shape index (κ3) is 3.54. The van der Waals surface area contributed by atoms with Crippen molar-refractivity contribution in [1.82, 2.24) is 19.5 Å². The molecule has 7 nitrogen and oxygen atoms in total. The first-order chi connectivity index (χ1) is 13.8. The third-order valence-corrected chi connectivity index (χ3v) is 6.68. The predicted molar refractivity (Wildman–Crippen MR) is 112 cm³/mol. The predicted octanol–water partition coefficient (Wildman–Crippen LogP) is 3.04. The standard InChI is InChI=1S/C21H31N7/c22-21-24-18(26-9-1-2-10-26)13-19(25-21)27-11-4-7-17(15-27)20-23-8-12-28(20)14-16-5-3-6-16/h8,12-13,16-17H,1-7,9-11,14-15H2,(H2,22,24,25)/t17-/m1/s1. The Morgan fingerprint density at radius 2 is 1.68 bits per heavy atom. The zero-order valence-corrected chi connectivity index (χ0v) is 16.6. The zero-order valence-electron chi connectivity index (χ0n) is 16.6. The fraction of sp³-hybridized carbons (Fsp3) is 0.667. The Balaban J connectivity index is 1.34. The van der Waals surface area contributed by atoms with Crippen molar-refractivity contribution in [2.24, 2.45) is 5.92 Å². The fourth-order valence-electron chi connectivity index (χ4n) is 4.89. The largest absolute Gasteiger partial charge is 0.368 e. The summed E-state index contributed by atoms with van der Waals surface area (Å²) in [6, 6.07) is 2.13. The van der Waals surface area contributed by atoms with Crippen LogP contribution in [0.5, 0.6) is 0 Å². The molecule has 2 N–H and O–H groups in total. The van der Waals surface area contributed by atoms with E-state index in [-0.39, 0.29) is 0 Å². The lowest BCUT2D eigenvalue weighted by Gasteiger charge is -2.34. The van der Waals surface area contributed by atoms with E-state index in [1.807, 2.05) is 6.20 Å². The maximum atomic E-state index is 6.07. The Morgan fingerprint density at radius 1 is 0.929 bits per heavy atom. The smallest absolute Gasteiger partial charge is 0.223 e. The van der Waals surface area contributed by atoms with Crippen LogP contribution in [0.3, 0.4) is 0 Å². The van der Waals surface area contributed by atoms with Crippen LogP contribution < -0.4 is 15.5 Å². The number of piperidine rings is 1. The fourth-order valence-corrected chi connectivity index (χ4v) is 4.89. The van der Waals surface area contributed by atoms with Gasteiger partial charge in [-0.15, -0.1) is 0 Å². The van der Waals surface area contributed by atoms with Crippen molar-refractivity contribution in [3.05, 3.63) is 24.3 Å². The summed E-state index contributed by atoms with van der Waals surface area (Å²) in [6.07, 6.45) is 13.1. The first-order valence-electron chi connectivity index (χ1n) is 10.9. The zero-order chi connectivity index (χ0) is 18.9. The van der Waals surface area contributed by atoms with Gasteiger partial charge in [0.2, 0.25) is 5.95 Å². The Labute approximate surface area is 167 Å². The third-order valence-electron chi connectivity index (χ3n) is 6.68. The van der Waals surface area contributed by atoms with Gasteiger partial charge in [-0.1, -0.05) is 6.42 Å². The first kappa shape index (κ1) is 17.8. The second-order valence-electron chi connectivity index (χ2n) is 8.66. The van der Waals surface area contributed by atoms with Gasteiger partial charge in [-0.2, -0.15) is 9.97 Å². The van der Waals surface area contributed by atoms with E-state index in [1.165, 1.54) is 44.3 Å². The molecular formula is C21H31N7. The SMILES string of the molecule is Nc1nc(N2CCCC2)cc(N2CCC[C@@H](c3nccn3CC3CCC3)C2)n1. The van der Waals surface area contributed by atoms with Crippen molar-refractivity contribution in [3.8, 4) is 0 Å². The molecule has 0 bridgehead atoms. The molecule has 0 radical (unpaired) electrons. The van der Waals surface area contributed by atoms with Crippen molar-refractivity contribution in [2.45, 2.75) is 57.4 Å². The lowest BCUT2D eigenvalue weighted by atomic mass is 9.85. The average Bonchev–Trinajstić information content (AvgIpc) is 3.36. The van der Waals surface area contributed by atoms with Crippen LogP contribution in [-0.4, -0.2) is 45.7 Å². The number of nitrogens with two attached hydrogens (primary N) is 1. The van der Waals surface area contributed by atoms with Crippen LogP contribution in [-0.2, 0) is 6.54 Å². The van der Waals surface area contributed by atoms with Crippen molar-refractivity contribution < 1.29 is 0 Å². The van der Waals surface area contributed by atoms with Crippen LogP contribution in [0.25, 0.3) is 0 Å². The lowest BCUT2D eigenvalue weighted by molar-refractivity contribution is 0.270. The van der Waals surface area contributed by atoms with Crippen LogP contribution >= 0.6 is 0 Å². The summed E-state index contributed by atoms with van der Waals surface area (Å²) in [5.41, 5.74) is 6.07. The molecule has 2 saturated heterocycles. The topological polar surface area (TPSA) is 76.1 Å². The highest BCUT2D eigenvalue weighted by atomic mass is 15.3. The molecule has 0 spiro atoms. The van der Waals surface area contributed by atoms with E-state index < -0.39 is 0 Å². The second-order valence-corrected chi connectivity index (χ2v) is 8.66. The minimum absolute atomic E-state index is 0.382. The molecule has 150 valence electrons. The number of anilines is 3. The Morgan fingerprint density at radius 3 is 2.43 bits per heavy atom. The number of imidazole rings is 1. The van der Waals surface area contributed by atoms with Crippen LogP contribution in [0.2, 0.25) is 0 Å². The van der Waals surface area contributed by atoms with Gasteiger partial charge in [0, 0.05) is 57.1 Å². The van der Waals surface area contributed by atoms with E-state index in [2.05, 4.69) is 36.6 Å². The molecule has 2 aromatic rings. The van der Waals surface area contributed by atoms with Gasteiger partial charge >= 0.3 is 0 Å². The average molecular weight is 382 g/mol. The Hall–Kier alpha value is -2.31. The minimum atomic E-state index is 0.382. The molecule has 3 fully saturated rings. The number of aromatic nitrogens is 4. The highest BCUT2D eigenvalue weighted by molar-refractivity contribution is 5.54. The van der Waals surface area contributed by atoms with E-state index in [0.29, 0.717) is 11.9 Å². The molecule has 5 rings (SSSR count). The van der Waals surface area contributed by atoms with E-state index in [1.54, 1.807) is 0 Å². The van der Waals surface area contributed by atoms with Crippen LogP contribution in [0.1, 0.15) is 56.7 Å². The summed E-state index contributed by atoms with van der Waals surface area (Å²) >= 11 is 0. The lowest BCUT2D eigenvalue weighted by Crippen LogP contribution is -2.36. The normalized spacial score (nSPS) is 23.2. The van der Waals surface area contributed by atoms with Gasteiger partial charge in [0.15, 0.2) is 0 Å². The van der Waals surface area contributed by atoms with Crippen molar-refractivity contribution in [3.63, 3.8) is 0 Å². The van der Waals surface area contributed by atoms with Gasteiger partial charge in [-0.05, 0) is 44.4 Å². The highest BCUT2D eigenvalue weighted by Crippen LogP contribution is 2.33. The van der Waals surface area contributed by atoms with Crippen LogP contribution in [0, 0.1) is 5.92 Å². The molecule has 1 saturated carbocycles. The van der Waals surface area contributed by atoms with Crippen LogP contribution in [0.4, 0.5) is 17.6 Å². The maximum Gasteiger partial charge on any atom is 0.223 e. The monoisotopic (exact) mass is 381 g/mol. The van der Waals surface area contributed by atoms with E-state index >= 15 is 0 Å². The van der Waals surface area contributed by atoms with Crippen LogP contribution in [0.15, 0.2) is 18.5 Å². The van der Waals surface area contributed by atoms with Crippen molar-refractivity contribution in [1.29, 1.82) is 0 Å². The number of rotatable bonds is 5. The molecule has 4 heterocycles. The van der Waals surface area contributed by atoms with Gasteiger partial charge in [0.25, 0.3) is 0 Å². The summed E-state index contributed by atoms with van der Waals surface area (Å²) < 4.78 is 2.40. The minimum Gasteiger partial charge on any atom is -0.368 e. The molecule has 0 aromatic carbocycles. The summed E-state index contributed by atoms with van der Waals surface area (Å²) in [5, 5.41) is 0. The van der Waals surface area contributed by atoms with Gasteiger partial charge in [0.1, 0.15) is 17.5 Å². The summed E-state index contributed by atoms with van der Waals surface area (Å²) in [4.78, 5) is 18.5. The molecule has 2 aromatic heterocycles. The number of hydrogen-bond donors (Lipinski definition) is 1. The molecular weight excluding hydrogens is 350 g/mol. The molecule has 7 heteroatoms. The molecule has 2 aliphatic heterocycles. The van der Waals surface area contributed by atoms with Crippen molar-refractivity contribution >= 4 is 17.6 Å². The molecule has 0 amide bonds. The first-order valence-corrected chi connectivity index (χ1v) is 10.9. The number of nitrogen functional groups attached to an aromatic ring is 1. The van der Waals surface area contributed by atoms with Gasteiger partial charge in [0.05, 0.1) is 0 Å². The molecule has 3 aliphatic rings. The molecule has 1 aliphatic carbocycles. The van der Waals surface area contributed by atoms with Gasteiger partial charge in [-0.3, -0.25) is 0 Å². The van der Waals surface area contributed by atoms with E-state index in [0.717, 1.165) is 56.7 Å². The summed E-state index contributed by atoms with van der Waals surface area (Å²) in [7, 11) is 0.